The third-order valence-corrected chi connectivity index (χ3v) is 3.10. The fourth-order valence-corrected chi connectivity index (χ4v) is 2.35. The largest absolute Gasteiger partial charge is 0.391 e. The summed E-state index contributed by atoms with van der Waals surface area (Å²) < 4.78 is 0. The highest BCUT2D eigenvalue weighted by Gasteiger charge is 2.17. The molecule has 1 aromatic heterocycles. The standard InChI is InChI=1S/C15H20ClN3O/c1-15(2,3)8-10(20)9-17-13-11-6-4-5-7-12(11)18-14(16)19-13/h4-7,10,20H,8-9H2,1-3H3,(H,17,18,19). The van der Waals surface area contributed by atoms with Crippen molar-refractivity contribution in [1.29, 1.82) is 0 Å². The van der Waals surface area contributed by atoms with E-state index in [1.807, 2.05) is 24.3 Å². The Labute approximate surface area is 124 Å². The number of hydrogen-bond acceptors (Lipinski definition) is 4. The summed E-state index contributed by atoms with van der Waals surface area (Å²) in [6, 6.07) is 7.66. The number of benzene rings is 1. The molecule has 0 saturated heterocycles. The monoisotopic (exact) mass is 293 g/mol. The van der Waals surface area contributed by atoms with Gasteiger partial charge in [0.05, 0.1) is 11.6 Å². The molecule has 2 aromatic rings. The van der Waals surface area contributed by atoms with Crippen LogP contribution in [0.25, 0.3) is 10.9 Å². The summed E-state index contributed by atoms with van der Waals surface area (Å²) in [5.41, 5.74) is 0.882. The molecule has 0 aliphatic carbocycles. The molecule has 0 spiro atoms. The molecule has 1 aromatic carbocycles. The van der Waals surface area contributed by atoms with Crippen molar-refractivity contribution < 1.29 is 5.11 Å². The molecule has 2 N–H and O–H groups in total. The van der Waals surface area contributed by atoms with Crippen LogP contribution in [-0.4, -0.2) is 27.7 Å². The Morgan fingerprint density at radius 3 is 2.65 bits per heavy atom. The summed E-state index contributed by atoms with van der Waals surface area (Å²) in [6.07, 6.45) is 0.291. The fourth-order valence-electron chi connectivity index (χ4n) is 2.18. The Balaban J connectivity index is 2.14. The zero-order valence-corrected chi connectivity index (χ0v) is 12.8. The first-order chi connectivity index (χ1) is 9.35. The Kier molecular flexibility index (Phi) is 4.45. The van der Waals surface area contributed by atoms with Crippen LogP contribution in [0.15, 0.2) is 24.3 Å². The van der Waals surface area contributed by atoms with Crippen LogP contribution in [0.3, 0.4) is 0 Å². The van der Waals surface area contributed by atoms with Gasteiger partial charge < -0.3 is 10.4 Å². The average molecular weight is 294 g/mol. The van der Waals surface area contributed by atoms with Gasteiger partial charge in [-0.25, -0.2) is 9.97 Å². The van der Waals surface area contributed by atoms with Gasteiger partial charge in [0, 0.05) is 11.9 Å². The van der Waals surface area contributed by atoms with Gasteiger partial charge in [-0.1, -0.05) is 32.9 Å². The lowest BCUT2D eigenvalue weighted by Gasteiger charge is -2.22. The van der Waals surface area contributed by atoms with E-state index < -0.39 is 6.10 Å². The van der Waals surface area contributed by atoms with Crippen LogP contribution < -0.4 is 5.32 Å². The summed E-state index contributed by atoms with van der Waals surface area (Å²) in [4.78, 5) is 8.38. The first kappa shape index (κ1) is 15.0. The topological polar surface area (TPSA) is 58.0 Å². The number of nitrogens with one attached hydrogen (secondary N) is 1. The Bertz CT molecular complexity index is 595. The first-order valence-electron chi connectivity index (χ1n) is 6.69. The van der Waals surface area contributed by atoms with Gasteiger partial charge in [-0.2, -0.15) is 0 Å². The van der Waals surface area contributed by atoms with Gasteiger partial charge in [0.2, 0.25) is 5.28 Å². The second kappa shape index (κ2) is 5.94. The lowest BCUT2D eigenvalue weighted by atomic mass is 9.89. The number of aliphatic hydroxyl groups is 1. The molecule has 1 heterocycles. The smallest absolute Gasteiger partial charge is 0.224 e. The van der Waals surface area contributed by atoms with E-state index in [4.69, 9.17) is 11.6 Å². The van der Waals surface area contributed by atoms with Crippen LogP contribution in [0.1, 0.15) is 27.2 Å². The Morgan fingerprint density at radius 1 is 1.25 bits per heavy atom. The molecule has 2 rings (SSSR count). The van der Waals surface area contributed by atoms with E-state index in [-0.39, 0.29) is 10.7 Å². The highest BCUT2D eigenvalue weighted by atomic mass is 35.5. The van der Waals surface area contributed by atoms with Crippen LogP contribution in [0.5, 0.6) is 0 Å². The number of hydrogen-bond donors (Lipinski definition) is 2. The summed E-state index contributed by atoms with van der Waals surface area (Å²) in [5, 5.41) is 14.3. The van der Waals surface area contributed by atoms with Crippen molar-refractivity contribution in [3.8, 4) is 0 Å². The van der Waals surface area contributed by atoms with Crippen LogP contribution >= 0.6 is 11.6 Å². The maximum absolute atomic E-state index is 10.0. The van der Waals surface area contributed by atoms with Crippen LogP contribution in [-0.2, 0) is 0 Å². The van der Waals surface area contributed by atoms with E-state index >= 15 is 0 Å². The molecule has 5 heteroatoms. The minimum absolute atomic E-state index is 0.0898. The van der Waals surface area contributed by atoms with E-state index in [2.05, 4.69) is 36.1 Å². The quantitative estimate of drug-likeness (QED) is 0.847. The molecule has 0 bridgehead atoms. The van der Waals surface area contributed by atoms with Crippen LogP contribution in [0, 0.1) is 5.41 Å². The summed E-state index contributed by atoms with van der Waals surface area (Å²) in [6.45, 7) is 6.75. The molecular formula is C15H20ClN3O. The van der Waals surface area contributed by atoms with Crippen molar-refractivity contribution in [2.24, 2.45) is 5.41 Å². The highest BCUT2D eigenvalue weighted by Crippen LogP contribution is 2.23. The summed E-state index contributed by atoms with van der Waals surface area (Å²) >= 11 is 5.92. The van der Waals surface area contributed by atoms with Gasteiger partial charge in [0.1, 0.15) is 5.82 Å². The maximum Gasteiger partial charge on any atom is 0.224 e. The summed E-state index contributed by atoms with van der Waals surface area (Å²) in [7, 11) is 0. The van der Waals surface area contributed by atoms with Crippen LogP contribution in [0.4, 0.5) is 5.82 Å². The molecule has 0 aliphatic heterocycles. The molecule has 1 unspecified atom stereocenters. The van der Waals surface area contributed by atoms with Gasteiger partial charge in [0.15, 0.2) is 0 Å². The van der Waals surface area contributed by atoms with Crippen molar-refractivity contribution in [1.82, 2.24) is 9.97 Å². The maximum atomic E-state index is 10.0. The van der Waals surface area contributed by atoms with Gasteiger partial charge >= 0.3 is 0 Å². The van der Waals surface area contributed by atoms with E-state index in [9.17, 15) is 5.11 Å². The molecule has 0 saturated carbocycles. The predicted octanol–water partition coefficient (Wildman–Crippen LogP) is 3.49. The number of halogens is 1. The van der Waals surface area contributed by atoms with E-state index in [1.165, 1.54) is 0 Å². The van der Waals surface area contributed by atoms with Gasteiger partial charge in [-0.15, -0.1) is 0 Å². The Hall–Kier alpha value is -1.39. The second-order valence-corrected chi connectivity index (χ2v) is 6.50. The normalized spacial score (nSPS) is 13.4. The lowest BCUT2D eigenvalue weighted by Crippen LogP contribution is -2.25. The number of para-hydroxylation sites is 1. The summed E-state index contributed by atoms with van der Waals surface area (Å²) in [5.74, 6) is 0.661. The number of nitrogens with zero attached hydrogens (tertiary/aromatic N) is 2. The van der Waals surface area contributed by atoms with Crippen molar-refractivity contribution in [2.75, 3.05) is 11.9 Å². The second-order valence-electron chi connectivity index (χ2n) is 6.16. The van der Waals surface area contributed by atoms with Crippen molar-refractivity contribution in [3.63, 3.8) is 0 Å². The number of rotatable bonds is 4. The molecule has 108 valence electrons. The van der Waals surface area contributed by atoms with E-state index in [0.717, 1.165) is 17.3 Å². The minimum atomic E-state index is -0.428. The lowest BCUT2D eigenvalue weighted by molar-refractivity contribution is 0.132. The molecule has 4 nitrogen and oxygen atoms in total. The van der Waals surface area contributed by atoms with Crippen molar-refractivity contribution in [2.45, 2.75) is 33.3 Å². The van der Waals surface area contributed by atoms with Crippen LogP contribution in [0.2, 0.25) is 5.28 Å². The third-order valence-electron chi connectivity index (χ3n) is 2.93. The predicted molar refractivity (Wildman–Crippen MR) is 83.1 cm³/mol. The van der Waals surface area contributed by atoms with Crippen molar-refractivity contribution in [3.05, 3.63) is 29.5 Å². The minimum Gasteiger partial charge on any atom is -0.391 e. The molecule has 0 radical (unpaired) electrons. The average Bonchev–Trinajstić information content (AvgIpc) is 2.33. The zero-order chi connectivity index (χ0) is 14.8. The number of aliphatic hydroxyl groups excluding tert-OH is 1. The Morgan fingerprint density at radius 2 is 1.95 bits per heavy atom. The molecule has 0 fully saturated rings. The van der Waals surface area contributed by atoms with Gasteiger partial charge in [-0.3, -0.25) is 0 Å². The molecule has 1 atom stereocenters. The molecule has 0 aliphatic rings. The van der Waals surface area contributed by atoms with E-state index in [0.29, 0.717) is 12.4 Å². The third kappa shape index (κ3) is 4.05. The number of fused-ring (bicyclic) bond motifs is 1. The number of anilines is 1. The molecule has 0 amide bonds. The van der Waals surface area contributed by atoms with Gasteiger partial charge in [-0.05, 0) is 35.6 Å². The molecule has 20 heavy (non-hydrogen) atoms. The molecular weight excluding hydrogens is 274 g/mol. The van der Waals surface area contributed by atoms with Crippen molar-refractivity contribution >= 4 is 28.3 Å². The SMILES string of the molecule is CC(C)(C)CC(O)CNc1nc(Cl)nc2ccccc12. The highest BCUT2D eigenvalue weighted by molar-refractivity contribution is 6.28. The fraction of sp³-hybridized carbons (Fsp3) is 0.467. The zero-order valence-electron chi connectivity index (χ0n) is 12.0. The van der Waals surface area contributed by atoms with Gasteiger partial charge in [0.25, 0.3) is 0 Å². The van der Waals surface area contributed by atoms with E-state index in [1.54, 1.807) is 0 Å². The first-order valence-corrected chi connectivity index (χ1v) is 7.07. The number of aromatic nitrogens is 2.